The van der Waals surface area contributed by atoms with Crippen LogP contribution < -0.4 is 16.0 Å². The molecule has 0 spiro atoms. The number of sulfonamides is 1. The predicted octanol–water partition coefficient (Wildman–Crippen LogP) is 4.44. The van der Waals surface area contributed by atoms with Gasteiger partial charge in [-0.2, -0.15) is 4.31 Å². The van der Waals surface area contributed by atoms with Crippen molar-refractivity contribution >= 4 is 44.2 Å². The number of anilines is 1. The third-order valence-corrected chi connectivity index (χ3v) is 10.2. The van der Waals surface area contributed by atoms with Crippen LogP contribution in [0.2, 0.25) is 0 Å². The normalized spacial score (nSPS) is 13.6. The fourth-order valence-corrected chi connectivity index (χ4v) is 7.82. The number of hydrogen-bond acceptors (Lipinski definition) is 7. The van der Waals surface area contributed by atoms with Crippen LogP contribution in [-0.4, -0.2) is 61.6 Å². The van der Waals surface area contributed by atoms with E-state index >= 15 is 0 Å². The molecular formula is C30H37N5O5S2. The van der Waals surface area contributed by atoms with Crippen molar-refractivity contribution in [2.24, 2.45) is 0 Å². The zero-order chi connectivity index (χ0) is 30.4. The Balaban J connectivity index is 1.57. The van der Waals surface area contributed by atoms with Crippen LogP contribution in [0, 0.1) is 0 Å². The number of fused-ring (bicyclic) bond motifs is 1. The summed E-state index contributed by atoms with van der Waals surface area (Å²) < 4.78 is 28.5. The van der Waals surface area contributed by atoms with Crippen LogP contribution in [0.5, 0.6) is 0 Å². The zero-order valence-corrected chi connectivity index (χ0v) is 25.9. The number of benzene rings is 2. The third kappa shape index (κ3) is 7.06. The van der Waals surface area contributed by atoms with Crippen LogP contribution in [-0.2, 0) is 29.5 Å². The molecule has 224 valence electrons. The summed E-state index contributed by atoms with van der Waals surface area (Å²) in [6.07, 6.45) is 1.63. The number of hydrogen-bond donors (Lipinski definition) is 3. The Morgan fingerprint density at radius 1 is 1.02 bits per heavy atom. The molecule has 0 aliphatic carbocycles. The van der Waals surface area contributed by atoms with Crippen LogP contribution in [0.1, 0.15) is 63.9 Å². The molecule has 1 aliphatic heterocycles. The third-order valence-electron chi connectivity index (χ3n) is 7.06. The first-order valence-electron chi connectivity index (χ1n) is 13.9. The number of nitrogens with zero attached hydrogens (tertiary/aromatic N) is 2. The van der Waals surface area contributed by atoms with Gasteiger partial charge in [-0.05, 0) is 68.6 Å². The van der Waals surface area contributed by atoms with Gasteiger partial charge in [-0.1, -0.05) is 37.3 Å². The van der Waals surface area contributed by atoms with Gasteiger partial charge >= 0.3 is 6.03 Å². The number of carbonyl (C=O) groups is 3. The Hall–Kier alpha value is -3.58. The molecule has 0 fully saturated rings. The SMILES string of the molecule is CCCN1CCc2c(sc(NC(=O)c3ccc(S(=O)(=O)N(Cc4ccccc4)C(C)C)cc3)c2C(=O)NC(=O)NC)C1. The van der Waals surface area contributed by atoms with Gasteiger partial charge in [0.15, 0.2) is 0 Å². The molecule has 12 heteroatoms. The molecule has 0 saturated carbocycles. The Kier molecular flexibility index (Phi) is 10.2. The maximum atomic E-state index is 13.5. The first kappa shape index (κ1) is 31.4. The molecule has 2 aromatic carbocycles. The molecule has 10 nitrogen and oxygen atoms in total. The summed E-state index contributed by atoms with van der Waals surface area (Å²) in [5.41, 5.74) is 2.23. The average molecular weight is 612 g/mol. The highest BCUT2D eigenvalue weighted by Gasteiger charge is 2.30. The van der Waals surface area contributed by atoms with E-state index in [0.29, 0.717) is 18.0 Å². The molecule has 4 rings (SSSR count). The number of amides is 4. The van der Waals surface area contributed by atoms with Crippen molar-refractivity contribution in [3.05, 3.63) is 81.7 Å². The Bertz CT molecular complexity index is 1540. The number of thiophene rings is 1. The fraction of sp³-hybridized carbons (Fsp3) is 0.367. The maximum Gasteiger partial charge on any atom is 0.321 e. The lowest BCUT2D eigenvalue weighted by Gasteiger charge is -2.26. The van der Waals surface area contributed by atoms with E-state index in [1.54, 1.807) is 0 Å². The number of urea groups is 1. The summed E-state index contributed by atoms with van der Waals surface area (Å²) in [6.45, 7) is 8.34. The molecule has 3 aromatic rings. The highest BCUT2D eigenvalue weighted by atomic mass is 32.2. The molecule has 0 radical (unpaired) electrons. The second kappa shape index (κ2) is 13.6. The Labute approximate surface area is 251 Å². The van der Waals surface area contributed by atoms with E-state index < -0.39 is 27.9 Å². The van der Waals surface area contributed by atoms with Gasteiger partial charge in [0.2, 0.25) is 10.0 Å². The first-order chi connectivity index (χ1) is 20.0. The Morgan fingerprint density at radius 2 is 1.71 bits per heavy atom. The standard InChI is InChI=1S/C30H37N5O5S2/c1-5-16-34-17-15-24-25(19-34)41-29(26(24)28(37)33-30(38)31-4)32-27(36)22-11-13-23(14-12-22)42(39,40)35(20(2)3)18-21-9-7-6-8-10-21/h6-14,20H,5,15-19H2,1-4H3,(H,32,36)(H2,31,33,37,38). The molecule has 1 aliphatic rings. The van der Waals surface area contributed by atoms with E-state index in [1.807, 2.05) is 44.2 Å². The molecule has 3 N–H and O–H groups in total. The fourth-order valence-electron chi connectivity index (χ4n) is 4.92. The molecule has 0 atom stereocenters. The van der Waals surface area contributed by atoms with Gasteiger partial charge in [-0.25, -0.2) is 13.2 Å². The molecular weight excluding hydrogens is 574 g/mol. The van der Waals surface area contributed by atoms with Crippen molar-refractivity contribution in [3.8, 4) is 0 Å². The van der Waals surface area contributed by atoms with Crippen LogP contribution in [0.25, 0.3) is 0 Å². The minimum Gasteiger partial charge on any atom is -0.341 e. The van der Waals surface area contributed by atoms with Crippen molar-refractivity contribution in [2.45, 2.75) is 57.6 Å². The Morgan fingerprint density at radius 3 is 2.33 bits per heavy atom. The second-order valence-electron chi connectivity index (χ2n) is 10.4. The molecule has 1 aromatic heterocycles. The number of rotatable bonds is 10. The average Bonchev–Trinajstić information content (AvgIpc) is 3.33. The van der Waals surface area contributed by atoms with Gasteiger partial charge in [0, 0.05) is 43.2 Å². The monoisotopic (exact) mass is 611 g/mol. The summed E-state index contributed by atoms with van der Waals surface area (Å²) in [6, 6.07) is 14.2. The van der Waals surface area contributed by atoms with Crippen molar-refractivity contribution in [1.82, 2.24) is 19.8 Å². The van der Waals surface area contributed by atoms with E-state index in [-0.39, 0.29) is 28.6 Å². The molecule has 0 saturated heterocycles. The van der Waals surface area contributed by atoms with E-state index in [1.165, 1.54) is 47.0 Å². The quantitative estimate of drug-likeness (QED) is 0.311. The van der Waals surface area contributed by atoms with Crippen molar-refractivity contribution in [3.63, 3.8) is 0 Å². The summed E-state index contributed by atoms with van der Waals surface area (Å²) in [7, 11) is -2.42. The number of imide groups is 1. The molecule has 0 bridgehead atoms. The number of nitrogens with one attached hydrogen (secondary N) is 3. The van der Waals surface area contributed by atoms with E-state index in [9.17, 15) is 22.8 Å². The summed E-state index contributed by atoms with van der Waals surface area (Å²) in [4.78, 5) is 41.6. The largest absolute Gasteiger partial charge is 0.341 e. The maximum absolute atomic E-state index is 13.5. The summed E-state index contributed by atoms with van der Waals surface area (Å²) in [5.74, 6) is -1.07. The van der Waals surface area contributed by atoms with E-state index in [4.69, 9.17) is 0 Å². The van der Waals surface area contributed by atoms with Gasteiger partial charge < -0.3 is 10.6 Å². The highest BCUT2D eigenvalue weighted by molar-refractivity contribution is 7.89. The van der Waals surface area contributed by atoms with Gasteiger partial charge in [-0.3, -0.25) is 19.8 Å². The van der Waals surface area contributed by atoms with Crippen molar-refractivity contribution in [1.29, 1.82) is 0 Å². The van der Waals surface area contributed by atoms with Gasteiger partial charge in [-0.15, -0.1) is 11.3 Å². The van der Waals surface area contributed by atoms with E-state index in [0.717, 1.165) is 35.5 Å². The van der Waals surface area contributed by atoms with Gasteiger partial charge in [0.1, 0.15) is 5.00 Å². The lowest BCUT2D eigenvalue weighted by atomic mass is 10.0. The molecule has 0 unspecified atom stereocenters. The summed E-state index contributed by atoms with van der Waals surface area (Å²) >= 11 is 1.32. The van der Waals surface area contributed by atoms with Crippen LogP contribution in [0.3, 0.4) is 0 Å². The van der Waals surface area contributed by atoms with Crippen molar-refractivity contribution in [2.75, 3.05) is 25.5 Å². The highest BCUT2D eigenvalue weighted by Crippen LogP contribution is 2.37. The predicted molar refractivity (Wildman–Crippen MR) is 164 cm³/mol. The summed E-state index contributed by atoms with van der Waals surface area (Å²) in [5, 5.41) is 7.89. The number of carbonyl (C=O) groups excluding carboxylic acids is 3. The zero-order valence-electron chi connectivity index (χ0n) is 24.3. The van der Waals surface area contributed by atoms with Crippen LogP contribution in [0.15, 0.2) is 59.5 Å². The van der Waals surface area contributed by atoms with Crippen molar-refractivity contribution < 1.29 is 22.8 Å². The van der Waals surface area contributed by atoms with Gasteiger partial charge in [0.05, 0.1) is 10.5 Å². The second-order valence-corrected chi connectivity index (χ2v) is 13.4. The minimum absolute atomic E-state index is 0.0805. The van der Waals surface area contributed by atoms with Crippen LogP contribution >= 0.6 is 11.3 Å². The van der Waals surface area contributed by atoms with Gasteiger partial charge in [0.25, 0.3) is 11.8 Å². The lowest BCUT2D eigenvalue weighted by molar-refractivity contribution is 0.0964. The molecule has 2 heterocycles. The van der Waals surface area contributed by atoms with E-state index in [2.05, 4.69) is 27.8 Å². The smallest absolute Gasteiger partial charge is 0.321 e. The topological polar surface area (TPSA) is 128 Å². The molecule has 4 amide bonds. The lowest BCUT2D eigenvalue weighted by Crippen LogP contribution is -2.38. The molecule has 42 heavy (non-hydrogen) atoms. The van der Waals surface area contributed by atoms with Crippen LogP contribution in [0.4, 0.5) is 9.80 Å². The minimum atomic E-state index is -3.84. The first-order valence-corrected chi connectivity index (χ1v) is 16.2.